The van der Waals surface area contributed by atoms with Crippen LogP contribution in [0.3, 0.4) is 0 Å². The zero-order valence-electron chi connectivity index (χ0n) is 17.8. The summed E-state index contributed by atoms with van der Waals surface area (Å²) in [7, 11) is 0. The van der Waals surface area contributed by atoms with Crippen molar-refractivity contribution in [1.29, 1.82) is 0 Å². The van der Waals surface area contributed by atoms with Crippen LogP contribution in [0.5, 0.6) is 0 Å². The Morgan fingerprint density at radius 3 is 2.66 bits per heavy atom. The van der Waals surface area contributed by atoms with Crippen molar-refractivity contribution in [2.24, 2.45) is 0 Å². The van der Waals surface area contributed by atoms with E-state index < -0.39 is 5.91 Å². The summed E-state index contributed by atoms with van der Waals surface area (Å²) in [6, 6.07) is 4.31. The predicted octanol–water partition coefficient (Wildman–Crippen LogP) is 3.92. The summed E-state index contributed by atoms with van der Waals surface area (Å²) in [6.45, 7) is 15.8. The number of thiocarbonyl (C=S) groups is 1. The Kier molecular flexibility index (Phi) is 5.68. The molecule has 2 aliphatic rings. The van der Waals surface area contributed by atoms with E-state index in [0.717, 1.165) is 24.1 Å². The average molecular weight is 412 g/mol. The van der Waals surface area contributed by atoms with Crippen LogP contribution in [-0.4, -0.2) is 40.5 Å². The summed E-state index contributed by atoms with van der Waals surface area (Å²) >= 11 is 5.13. The van der Waals surface area contributed by atoms with Gasteiger partial charge in [0.15, 0.2) is 5.11 Å². The number of anilines is 1. The first kappa shape index (κ1) is 21.2. The van der Waals surface area contributed by atoms with Gasteiger partial charge in [-0.2, -0.15) is 0 Å². The summed E-state index contributed by atoms with van der Waals surface area (Å²) in [5.41, 5.74) is 4.60. The molecule has 2 aliphatic heterocycles. The highest BCUT2D eigenvalue weighted by atomic mass is 32.1. The van der Waals surface area contributed by atoms with Crippen molar-refractivity contribution in [1.82, 2.24) is 10.2 Å². The Morgan fingerprint density at radius 1 is 1.34 bits per heavy atom. The van der Waals surface area contributed by atoms with Crippen LogP contribution in [0.25, 0.3) is 6.08 Å². The van der Waals surface area contributed by atoms with E-state index in [1.165, 1.54) is 16.2 Å². The lowest BCUT2D eigenvalue weighted by molar-refractivity contribution is -0.128. The fraction of sp³-hybridized carbons (Fsp3) is 0.435. The maximum absolute atomic E-state index is 12.8. The molecule has 1 unspecified atom stereocenters. The summed E-state index contributed by atoms with van der Waals surface area (Å²) in [5.74, 6) is -0.455. The summed E-state index contributed by atoms with van der Waals surface area (Å²) in [5, 5.41) is 2.72. The van der Waals surface area contributed by atoms with E-state index in [4.69, 9.17) is 12.2 Å². The van der Waals surface area contributed by atoms with Gasteiger partial charge in [0, 0.05) is 24.3 Å². The van der Waals surface area contributed by atoms with Gasteiger partial charge in [0.1, 0.15) is 5.57 Å². The third-order valence-corrected chi connectivity index (χ3v) is 6.21. The monoisotopic (exact) mass is 411 g/mol. The molecule has 1 aromatic carbocycles. The lowest BCUT2D eigenvalue weighted by Crippen LogP contribution is -2.53. The number of aryl methyl sites for hydroxylation is 1. The second kappa shape index (κ2) is 7.75. The molecule has 2 heterocycles. The van der Waals surface area contributed by atoms with Crippen LogP contribution in [0.15, 0.2) is 30.4 Å². The van der Waals surface area contributed by atoms with Crippen molar-refractivity contribution in [3.8, 4) is 0 Å². The molecule has 0 bridgehead atoms. The summed E-state index contributed by atoms with van der Waals surface area (Å²) < 4.78 is 0. The van der Waals surface area contributed by atoms with Gasteiger partial charge in [0.25, 0.3) is 11.8 Å². The number of hydrogen-bond acceptors (Lipinski definition) is 4. The Balaban J connectivity index is 2.08. The SMILES string of the molecule is C=CCN1C(=O)/C(=C/c2cc3c(cc2C)N(CC)C(C)(C)CC3C)C(=O)NC1=S. The molecule has 1 atom stereocenters. The molecule has 5 nitrogen and oxygen atoms in total. The molecule has 1 fully saturated rings. The normalized spacial score (nSPS) is 22.6. The third-order valence-electron chi connectivity index (χ3n) is 5.89. The fourth-order valence-electron chi connectivity index (χ4n) is 4.55. The Bertz CT molecular complexity index is 932. The number of carbonyl (C=O) groups is 2. The molecule has 3 rings (SSSR count). The highest BCUT2D eigenvalue weighted by Gasteiger charge is 2.36. The molecule has 1 aromatic rings. The standard InChI is InChI=1S/C23H29N3O2S/c1-7-9-25-21(28)18(20(27)24-22(25)29)12-16-11-17-15(4)13-23(5,6)26(8-2)19(17)10-14(16)3/h7,10-12,15H,1,8-9,13H2,2-6H3,(H,24,27,29)/b18-12+. The Morgan fingerprint density at radius 2 is 2.03 bits per heavy atom. The molecule has 29 heavy (non-hydrogen) atoms. The number of hydrogen-bond donors (Lipinski definition) is 1. The largest absolute Gasteiger partial charge is 0.366 e. The molecule has 6 heteroatoms. The third kappa shape index (κ3) is 3.73. The molecule has 1 N–H and O–H groups in total. The van der Waals surface area contributed by atoms with Crippen molar-refractivity contribution >= 4 is 40.9 Å². The number of nitrogens with zero attached hydrogens (tertiary/aromatic N) is 2. The topological polar surface area (TPSA) is 52.7 Å². The van der Waals surface area contributed by atoms with Gasteiger partial charge < -0.3 is 4.90 Å². The minimum absolute atomic E-state index is 0.0910. The number of nitrogens with one attached hydrogen (secondary N) is 1. The number of benzene rings is 1. The molecule has 0 aromatic heterocycles. The van der Waals surface area contributed by atoms with Gasteiger partial charge in [-0.1, -0.05) is 13.0 Å². The average Bonchev–Trinajstić information content (AvgIpc) is 2.62. The molecule has 0 saturated carbocycles. The fourth-order valence-corrected chi connectivity index (χ4v) is 4.80. The molecule has 2 amide bonds. The smallest absolute Gasteiger partial charge is 0.265 e. The van der Waals surface area contributed by atoms with Crippen molar-refractivity contribution in [2.45, 2.75) is 52.5 Å². The molecule has 0 spiro atoms. The zero-order valence-corrected chi connectivity index (χ0v) is 18.7. The number of rotatable bonds is 4. The minimum atomic E-state index is -0.457. The first-order valence-electron chi connectivity index (χ1n) is 10.0. The maximum atomic E-state index is 12.8. The van der Waals surface area contributed by atoms with Crippen LogP contribution in [0, 0.1) is 6.92 Å². The first-order valence-corrected chi connectivity index (χ1v) is 10.4. The van der Waals surface area contributed by atoms with Gasteiger partial charge in [-0.15, -0.1) is 6.58 Å². The molecule has 0 radical (unpaired) electrons. The van der Waals surface area contributed by atoms with E-state index in [1.807, 2.05) is 6.92 Å². The lowest BCUT2D eigenvalue weighted by atomic mass is 9.79. The van der Waals surface area contributed by atoms with Crippen LogP contribution in [0.2, 0.25) is 0 Å². The van der Waals surface area contributed by atoms with Crippen molar-refractivity contribution < 1.29 is 9.59 Å². The van der Waals surface area contributed by atoms with Crippen molar-refractivity contribution in [3.05, 3.63) is 47.1 Å². The highest BCUT2D eigenvalue weighted by Crippen LogP contribution is 2.44. The second-order valence-corrected chi connectivity index (χ2v) is 8.84. The van der Waals surface area contributed by atoms with E-state index in [0.29, 0.717) is 5.92 Å². The molecule has 0 aliphatic carbocycles. The first-order chi connectivity index (χ1) is 13.6. The van der Waals surface area contributed by atoms with E-state index >= 15 is 0 Å². The maximum Gasteiger partial charge on any atom is 0.265 e. The Hall–Kier alpha value is -2.47. The van der Waals surface area contributed by atoms with E-state index in [-0.39, 0.29) is 28.7 Å². The van der Waals surface area contributed by atoms with Crippen LogP contribution in [0.1, 0.15) is 56.7 Å². The van der Waals surface area contributed by atoms with E-state index in [1.54, 1.807) is 12.2 Å². The molecular weight excluding hydrogens is 382 g/mol. The molecule has 1 saturated heterocycles. The summed E-state index contributed by atoms with van der Waals surface area (Å²) in [4.78, 5) is 29.1. The van der Waals surface area contributed by atoms with E-state index in [9.17, 15) is 9.59 Å². The Labute approximate surface area is 178 Å². The van der Waals surface area contributed by atoms with Crippen molar-refractivity contribution in [2.75, 3.05) is 18.0 Å². The van der Waals surface area contributed by atoms with Crippen LogP contribution < -0.4 is 10.2 Å². The number of fused-ring (bicyclic) bond motifs is 1. The summed E-state index contributed by atoms with van der Waals surface area (Å²) in [6.07, 6.45) is 4.33. The second-order valence-electron chi connectivity index (χ2n) is 8.45. The quantitative estimate of drug-likeness (QED) is 0.353. The lowest BCUT2D eigenvalue weighted by Gasteiger charge is -2.47. The van der Waals surface area contributed by atoms with Gasteiger partial charge in [-0.05, 0) is 87.2 Å². The predicted molar refractivity (Wildman–Crippen MR) is 122 cm³/mol. The van der Waals surface area contributed by atoms with Gasteiger partial charge in [0.2, 0.25) is 0 Å². The van der Waals surface area contributed by atoms with Crippen LogP contribution >= 0.6 is 12.2 Å². The zero-order chi connectivity index (χ0) is 21.5. The molecule has 154 valence electrons. The van der Waals surface area contributed by atoms with Crippen molar-refractivity contribution in [3.63, 3.8) is 0 Å². The number of amides is 2. The minimum Gasteiger partial charge on any atom is -0.366 e. The van der Waals surface area contributed by atoms with Gasteiger partial charge >= 0.3 is 0 Å². The van der Waals surface area contributed by atoms with Crippen LogP contribution in [-0.2, 0) is 9.59 Å². The molecular formula is C23H29N3O2S. The van der Waals surface area contributed by atoms with Gasteiger partial charge in [0.05, 0.1) is 0 Å². The highest BCUT2D eigenvalue weighted by molar-refractivity contribution is 7.80. The van der Waals surface area contributed by atoms with Gasteiger partial charge in [-0.3, -0.25) is 19.8 Å². The van der Waals surface area contributed by atoms with Crippen LogP contribution in [0.4, 0.5) is 5.69 Å². The van der Waals surface area contributed by atoms with E-state index in [2.05, 4.69) is 56.6 Å². The number of carbonyl (C=O) groups excluding carboxylic acids is 2. The van der Waals surface area contributed by atoms with Gasteiger partial charge in [-0.25, -0.2) is 0 Å².